The number of nitrogens with zero attached hydrogens (tertiary/aromatic N) is 1. The molecule has 1 aromatic carbocycles. The molecule has 0 saturated carbocycles. The Kier molecular flexibility index (Phi) is 3.32. The molecule has 0 amide bonds. The Labute approximate surface area is 109 Å². The minimum Gasteiger partial charge on any atom is -0.397 e. The molecule has 0 aromatic heterocycles. The second-order valence-corrected chi connectivity index (χ2v) is 5.71. The van der Waals surface area contributed by atoms with Crippen molar-refractivity contribution >= 4 is 27.3 Å². The Morgan fingerprint density at radius 1 is 1.47 bits per heavy atom. The molecule has 0 bridgehead atoms. The van der Waals surface area contributed by atoms with E-state index in [1.165, 1.54) is 6.07 Å². The monoisotopic (exact) mass is 302 g/mol. The van der Waals surface area contributed by atoms with Crippen LogP contribution in [0.15, 0.2) is 16.6 Å². The van der Waals surface area contributed by atoms with E-state index in [0.717, 1.165) is 18.8 Å². The molecule has 2 rings (SSSR count). The summed E-state index contributed by atoms with van der Waals surface area (Å²) in [5, 5.41) is 0. The van der Waals surface area contributed by atoms with Gasteiger partial charge in [0.15, 0.2) is 0 Å². The minimum atomic E-state index is -0.334. The first kappa shape index (κ1) is 12.6. The summed E-state index contributed by atoms with van der Waals surface area (Å²) in [5.74, 6) is -0.334. The quantitative estimate of drug-likeness (QED) is 0.811. The van der Waals surface area contributed by atoms with E-state index in [1.807, 2.05) is 13.8 Å². The molecular weight excluding hydrogens is 287 g/mol. The molecular formula is C12H16BrFN2O. The number of halogens is 2. The van der Waals surface area contributed by atoms with Gasteiger partial charge in [-0.1, -0.05) is 0 Å². The van der Waals surface area contributed by atoms with Gasteiger partial charge in [0.1, 0.15) is 5.82 Å². The Hall–Kier alpha value is -0.810. The van der Waals surface area contributed by atoms with Gasteiger partial charge in [0, 0.05) is 19.2 Å². The molecule has 5 heteroatoms. The fourth-order valence-electron chi connectivity index (χ4n) is 2.05. The maximum absolute atomic E-state index is 13.3. The van der Waals surface area contributed by atoms with Crippen LogP contribution < -0.4 is 10.6 Å². The largest absolute Gasteiger partial charge is 0.397 e. The van der Waals surface area contributed by atoms with Gasteiger partial charge in [0.05, 0.1) is 28.1 Å². The summed E-state index contributed by atoms with van der Waals surface area (Å²) in [5.41, 5.74) is 6.98. The zero-order valence-electron chi connectivity index (χ0n) is 9.96. The van der Waals surface area contributed by atoms with Crippen LogP contribution in [0.3, 0.4) is 0 Å². The van der Waals surface area contributed by atoms with E-state index in [1.54, 1.807) is 6.07 Å². The maximum atomic E-state index is 13.3. The van der Waals surface area contributed by atoms with Crippen LogP contribution in [0.1, 0.15) is 13.8 Å². The third-order valence-electron chi connectivity index (χ3n) is 2.84. The lowest BCUT2D eigenvalue weighted by molar-refractivity contribution is -0.0276. The standard InChI is InChI=1S/C12H16BrFN2O/c1-12(2)7-16(3-4-17-12)11-5-8(13)9(14)6-10(11)15/h5-6H,3-4,7,15H2,1-2H3. The zero-order valence-corrected chi connectivity index (χ0v) is 11.6. The summed E-state index contributed by atoms with van der Waals surface area (Å²) in [6.45, 7) is 6.24. The maximum Gasteiger partial charge on any atom is 0.139 e. The highest BCUT2D eigenvalue weighted by Crippen LogP contribution is 2.32. The van der Waals surface area contributed by atoms with Gasteiger partial charge in [-0.15, -0.1) is 0 Å². The molecule has 0 unspecified atom stereocenters. The van der Waals surface area contributed by atoms with Crippen molar-refractivity contribution in [3.63, 3.8) is 0 Å². The van der Waals surface area contributed by atoms with Gasteiger partial charge in [-0.3, -0.25) is 0 Å². The number of benzene rings is 1. The normalized spacial score (nSPS) is 19.4. The fourth-order valence-corrected chi connectivity index (χ4v) is 2.38. The molecule has 2 N–H and O–H groups in total. The molecule has 1 aliphatic rings. The second kappa shape index (κ2) is 4.46. The van der Waals surface area contributed by atoms with E-state index in [4.69, 9.17) is 10.5 Å². The number of nitrogens with two attached hydrogens (primary N) is 1. The van der Waals surface area contributed by atoms with E-state index in [-0.39, 0.29) is 11.4 Å². The summed E-state index contributed by atoms with van der Waals surface area (Å²) in [4.78, 5) is 2.13. The lowest BCUT2D eigenvalue weighted by Gasteiger charge is -2.40. The predicted octanol–water partition coefficient (Wildman–Crippen LogP) is 2.79. The minimum absolute atomic E-state index is 0.203. The van der Waals surface area contributed by atoms with Crippen LogP contribution in [-0.2, 0) is 4.74 Å². The highest BCUT2D eigenvalue weighted by molar-refractivity contribution is 9.10. The highest BCUT2D eigenvalue weighted by atomic mass is 79.9. The lowest BCUT2D eigenvalue weighted by Crippen LogP contribution is -2.48. The summed E-state index contributed by atoms with van der Waals surface area (Å²) in [7, 11) is 0. The number of nitrogen functional groups attached to an aromatic ring is 1. The van der Waals surface area contributed by atoms with Crippen LogP contribution in [0.4, 0.5) is 15.8 Å². The van der Waals surface area contributed by atoms with E-state index in [2.05, 4.69) is 20.8 Å². The summed E-state index contributed by atoms with van der Waals surface area (Å²) < 4.78 is 19.4. The first-order chi connectivity index (χ1) is 7.89. The molecule has 1 saturated heterocycles. The van der Waals surface area contributed by atoms with E-state index < -0.39 is 0 Å². The summed E-state index contributed by atoms with van der Waals surface area (Å²) in [6, 6.07) is 3.08. The summed E-state index contributed by atoms with van der Waals surface area (Å²) in [6.07, 6.45) is 0. The second-order valence-electron chi connectivity index (χ2n) is 4.85. The molecule has 1 heterocycles. The van der Waals surface area contributed by atoms with Gasteiger partial charge in [0.25, 0.3) is 0 Å². The number of anilines is 2. The van der Waals surface area contributed by atoms with E-state index in [9.17, 15) is 4.39 Å². The zero-order chi connectivity index (χ0) is 12.6. The van der Waals surface area contributed by atoms with Gasteiger partial charge in [-0.05, 0) is 35.8 Å². The van der Waals surface area contributed by atoms with Gasteiger partial charge in [-0.25, -0.2) is 4.39 Å². The number of hydrogen-bond donors (Lipinski definition) is 1. The van der Waals surface area contributed by atoms with Gasteiger partial charge in [-0.2, -0.15) is 0 Å². The van der Waals surface area contributed by atoms with Crippen molar-refractivity contribution in [3.05, 3.63) is 22.4 Å². The van der Waals surface area contributed by atoms with Crippen molar-refractivity contribution in [2.45, 2.75) is 19.4 Å². The number of morpholine rings is 1. The molecule has 17 heavy (non-hydrogen) atoms. The SMILES string of the molecule is CC1(C)CN(c2cc(Br)c(F)cc2N)CCO1. The average Bonchev–Trinajstić information content (AvgIpc) is 2.22. The van der Waals surface area contributed by atoms with Crippen molar-refractivity contribution < 1.29 is 9.13 Å². The van der Waals surface area contributed by atoms with Crippen molar-refractivity contribution in [2.75, 3.05) is 30.3 Å². The molecule has 0 aliphatic carbocycles. The number of hydrogen-bond acceptors (Lipinski definition) is 3. The molecule has 3 nitrogen and oxygen atoms in total. The Balaban J connectivity index is 2.31. The van der Waals surface area contributed by atoms with Gasteiger partial charge in [0.2, 0.25) is 0 Å². The highest BCUT2D eigenvalue weighted by Gasteiger charge is 2.28. The van der Waals surface area contributed by atoms with Gasteiger partial charge < -0.3 is 15.4 Å². The van der Waals surface area contributed by atoms with E-state index in [0.29, 0.717) is 16.8 Å². The van der Waals surface area contributed by atoms with Crippen LogP contribution in [0.5, 0.6) is 0 Å². The summed E-state index contributed by atoms with van der Waals surface area (Å²) >= 11 is 3.19. The van der Waals surface area contributed by atoms with Crippen LogP contribution in [0.2, 0.25) is 0 Å². The van der Waals surface area contributed by atoms with Crippen molar-refractivity contribution in [1.82, 2.24) is 0 Å². The molecule has 1 fully saturated rings. The lowest BCUT2D eigenvalue weighted by atomic mass is 10.1. The fraction of sp³-hybridized carbons (Fsp3) is 0.500. The third-order valence-corrected chi connectivity index (χ3v) is 3.44. The van der Waals surface area contributed by atoms with Crippen molar-refractivity contribution in [3.8, 4) is 0 Å². The van der Waals surface area contributed by atoms with Crippen LogP contribution >= 0.6 is 15.9 Å². The molecule has 1 aromatic rings. The van der Waals surface area contributed by atoms with Crippen molar-refractivity contribution in [1.29, 1.82) is 0 Å². The topological polar surface area (TPSA) is 38.5 Å². The first-order valence-corrected chi connectivity index (χ1v) is 6.32. The third kappa shape index (κ3) is 2.72. The molecule has 94 valence electrons. The Bertz CT molecular complexity index is 437. The van der Waals surface area contributed by atoms with E-state index >= 15 is 0 Å². The molecule has 0 radical (unpaired) electrons. The average molecular weight is 303 g/mol. The Morgan fingerprint density at radius 3 is 2.82 bits per heavy atom. The number of ether oxygens (including phenoxy) is 1. The van der Waals surface area contributed by atoms with Crippen LogP contribution in [0.25, 0.3) is 0 Å². The molecule has 0 spiro atoms. The van der Waals surface area contributed by atoms with Crippen LogP contribution in [0, 0.1) is 5.82 Å². The number of rotatable bonds is 1. The molecule has 0 atom stereocenters. The Morgan fingerprint density at radius 2 is 2.18 bits per heavy atom. The molecule has 1 aliphatic heterocycles. The van der Waals surface area contributed by atoms with Crippen LogP contribution in [-0.4, -0.2) is 25.3 Å². The smallest absolute Gasteiger partial charge is 0.139 e. The van der Waals surface area contributed by atoms with Crippen molar-refractivity contribution in [2.24, 2.45) is 0 Å². The predicted molar refractivity (Wildman–Crippen MR) is 70.8 cm³/mol. The van der Waals surface area contributed by atoms with Gasteiger partial charge >= 0.3 is 0 Å². The first-order valence-electron chi connectivity index (χ1n) is 5.52.